The van der Waals surface area contributed by atoms with Gasteiger partial charge >= 0.3 is 18.3 Å². The zero-order valence-corrected chi connectivity index (χ0v) is 11.9. The van der Waals surface area contributed by atoms with Gasteiger partial charge in [-0.3, -0.25) is 4.79 Å². The van der Waals surface area contributed by atoms with Crippen molar-refractivity contribution in [2.24, 2.45) is 5.92 Å². The fraction of sp³-hybridized carbons (Fsp3) is 0.429. The molecule has 1 atom stereocenters. The first-order chi connectivity index (χ1) is 11.0. The molecule has 1 amide bonds. The number of rotatable bonds is 3. The lowest BCUT2D eigenvalue weighted by Crippen LogP contribution is -2.19. The Bertz CT molecular complexity index is 621. The molecule has 0 spiro atoms. The number of hydrogen-bond acceptors (Lipinski definition) is 3. The van der Waals surface area contributed by atoms with E-state index in [0.717, 1.165) is 0 Å². The fourth-order valence-corrected chi connectivity index (χ4v) is 2.13. The summed E-state index contributed by atoms with van der Waals surface area (Å²) in [5.41, 5.74) is -4.04. The molecule has 4 nitrogen and oxygen atoms in total. The van der Waals surface area contributed by atoms with Gasteiger partial charge in [-0.1, -0.05) is 0 Å². The summed E-state index contributed by atoms with van der Waals surface area (Å²) in [6, 6.07) is 0.529. The molecule has 1 saturated heterocycles. The van der Waals surface area contributed by atoms with Crippen LogP contribution in [0.3, 0.4) is 0 Å². The van der Waals surface area contributed by atoms with E-state index in [1.165, 1.54) is 0 Å². The highest BCUT2D eigenvalue weighted by atomic mass is 19.4. The third-order valence-corrected chi connectivity index (χ3v) is 3.34. The Balaban J connectivity index is 2.21. The Morgan fingerprint density at radius 3 is 2.04 bits per heavy atom. The number of esters is 1. The van der Waals surface area contributed by atoms with Crippen LogP contribution in [0.4, 0.5) is 26.3 Å². The predicted octanol–water partition coefficient (Wildman–Crippen LogP) is 3.02. The zero-order chi connectivity index (χ0) is 18.1. The molecule has 0 bridgehead atoms. The van der Waals surface area contributed by atoms with Crippen LogP contribution in [-0.2, 0) is 21.9 Å². The average Bonchev–Trinajstić information content (AvgIpc) is 2.88. The summed E-state index contributed by atoms with van der Waals surface area (Å²) in [6.07, 6.45) is -10.0. The second-order valence-electron chi connectivity index (χ2n) is 5.27. The standard InChI is InChI=1S/C14H11F6NO3/c15-13(16,17)9-2-8(3-10(4-9)14(18,19)20)12(23)24-6-7-1-11(22)21-5-7/h2-4,7H,1,5-6H2,(H,21,22)/t7-/m0/s1. The van der Waals surface area contributed by atoms with Crippen LogP contribution in [0.5, 0.6) is 0 Å². The summed E-state index contributed by atoms with van der Waals surface area (Å²) in [7, 11) is 0. The first-order valence-electron chi connectivity index (χ1n) is 6.70. The molecule has 24 heavy (non-hydrogen) atoms. The molecule has 1 N–H and O–H groups in total. The zero-order valence-electron chi connectivity index (χ0n) is 11.9. The van der Waals surface area contributed by atoms with E-state index in [4.69, 9.17) is 4.74 Å². The van der Waals surface area contributed by atoms with E-state index in [9.17, 15) is 35.9 Å². The second-order valence-corrected chi connectivity index (χ2v) is 5.27. The minimum Gasteiger partial charge on any atom is -0.462 e. The molecule has 1 aliphatic heterocycles. The van der Waals surface area contributed by atoms with Crippen molar-refractivity contribution in [2.45, 2.75) is 18.8 Å². The fourth-order valence-electron chi connectivity index (χ4n) is 2.13. The normalized spacial score (nSPS) is 18.4. The van der Waals surface area contributed by atoms with Crippen molar-refractivity contribution in [1.29, 1.82) is 0 Å². The van der Waals surface area contributed by atoms with Crippen molar-refractivity contribution in [1.82, 2.24) is 5.32 Å². The van der Waals surface area contributed by atoms with E-state index in [2.05, 4.69) is 5.32 Å². The molecule has 0 radical (unpaired) electrons. The Kier molecular flexibility index (Phi) is 4.77. The number of hydrogen-bond donors (Lipinski definition) is 1. The van der Waals surface area contributed by atoms with Gasteiger partial charge in [0.1, 0.15) is 0 Å². The Morgan fingerprint density at radius 1 is 1.08 bits per heavy atom. The highest BCUT2D eigenvalue weighted by molar-refractivity contribution is 5.90. The van der Waals surface area contributed by atoms with Gasteiger partial charge in [-0.2, -0.15) is 26.3 Å². The minimum absolute atomic E-state index is 0.0731. The van der Waals surface area contributed by atoms with Crippen LogP contribution in [0.1, 0.15) is 27.9 Å². The Morgan fingerprint density at radius 2 is 1.62 bits per heavy atom. The van der Waals surface area contributed by atoms with Crippen LogP contribution in [-0.4, -0.2) is 25.0 Å². The number of nitrogens with one attached hydrogen (secondary N) is 1. The molecule has 1 aromatic rings. The highest BCUT2D eigenvalue weighted by Crippen LogP contribution is 2.36. The van der Waals surface area contributed by atoms with Gasteiger partial charge in [0, 0.05) is 18.9 Å². The molecule has 1 heterocycles. The van der Waals surface area contributed by atoms with Gasteiger partial charge in [0.15, 0.2) is 0 Å². The van der Waals surface area contributed by atoms with Gasteiger partial charge in [0.2, 0.25) is 5.91 Å². The number of carbonyl (C=O) groups is 2. The van der Waals surface area contributed by atoms with Crippen LogP contribution >= 0.6 is 0 Å². The lowest BCUT2D eigenvalue weighted by Gasteiger charge is -2.14. The summed E-state index contributed by atoms with van der Waals surface area (Å²) in [6.45, 7) is -0.0579. The van der Waals surface area contributed by atoms with E-state index < -0.39 is 35.0 Å². The van der Waals surface area contributed by atoms with Crippen molar-refractivity contribution in [3.05, 3.63) is 34.9 Å². The number of amides is 1. The van der Waals surface area contributed by atoms with Gasteiger partial charge < -0.3 is 10.1 Å². The maximum Gasteiger partial charge on any atom is 0.416 e. The minimum atomic E-state index is -5.04. The summed E-state index contributed by atoms with van der Waals surface area (Å²) < 4.78 is 81.0. The van der Waals surface area contributed by atoms with Gasteiger partial charge in [-0.05, 0) is 18.2 Å². The monoisotopic (exact) mass is 355 g/mol. The lowest BCUT2D eigenvalue weighted by molar-refractivity contribution is -0.143. The third-order valence-electron chi connectivity index (χ3n) is 3.34. The largest absolute Gasteiger partial charge is 0.462 e. The molecule has 0 aliphatic carbocycles. The maximum absolute atomic E-state index is 12.7. The molecule has 10 heteroatoms. The van der Waals surface area contributed by atoms with Gasteiger partial charge in [-0.15, -0.1) is 0 Å². The summed E-state index contributed by atoms with van der Waals surface area (Å²) in [5.74, 6) is -1.95. The third kappa shape index (κ3) is 4.39. The van der Waals surface area contributed by atoms with E-state index in [-0.39, 0.29) is 37.5 Å². The van der Waals surface area contributed by atoms with Crippen LogP contribution in [0.2, 0.25) is 0 Å². The quantitative estimate of drug-likeness (QED) is 0.670. The van der Waals surface area contributed by atoms with Crippen LogP contribution in [0.15, 0.2) is 18.2 Å². The van der Waals surface area contributed by atoms with Gasteiger partial charge in [-0.25, -0.2) is 4.79 Å². The molecule has 132 valence electrons. The molecular formula is C14H11F6NO3. The summed E-state index contributed by atoms with van der Waals surface area (Å²) in [4.78, 5) is 22.8. The number of ether oxygens (including phenoxy) is 1. The van der Waals surface area contributed by atoms with Crippen molar-refractivity contribution in [2.75, 3.05) is 13.2 Å². The maximum atomic E-state index is 12.7. The average molecular weight is 355 g/mol. The molecule has 2 rings (SSSR count). The Hall–Kier alpha value is -2.26. The van der Waals surface area contributed by atoms with Crippen LogP contribution in [0.25, 0.3) is 0 Å². The number of alkyl halides is 6. The molecule has 1 aliphatic rings. The molecule has 0 saturated carbocycles. The van der Waals surface area contributed by atoms with Crippen LogP contribution in [0, 0.1) is 5.92 Å². The van der Waals surface area contributed by atoms with Crippen molar-refractivity contribution >= 4 is 11.9 Å². The first-order valence-corrected chi connectivity index (χ1v) is 6.70. The van der Waals surface area contributed by atoms with Gasteiger partial charge in [0.05, 0.1) is 23.3 Å². The highest BCUT2D eigenvalue weighted by Gasteiger charge is 2.37. The van der Waals surface area contributed by atoms with Crippen LogP contribution < -0.4 is 5.32 Å². The molecular weight excluding hydrogens is 344 g/mol. The molecule has 1 aromatic carbocycles. The first kappa shape index (κ1) is 18.1. The van der Waals surface area contributed by atoms with Crippen molar-refractivity contribution in [3.8, 4) is 0 Å². The molecule has 1 fully saturated rings. The van der Waals surface area contributed by atoms with Crippen molar-refractivity contribution in [3.63, 3.8) is 0 Å². The SMILES string of the molecule is O=C1C[C@H](COC(=O)c2cc(C(F)(F)F)cc(C(F)(F)F)c2)CN1. The summed E-state index contributed by atoms with van der Waals surface area (Å²) >= 11 is 0. The van der Waals surface area contributed by atoms with Crippen molar-refractivity contribution < 1.29 is 40.7 Å². The van der Waals surface area contributed by atoms with E-state index in [1.807, 2.05) is 0 Å². The topological polar surface area (TPSA) is 55.4 Å². The number of halogens is 6. The molecule has 0 unspecified atom stereocenters. The predicted molar refractivity (Wildman–Crippen MR) is 67.8 cm³/mol. The van der Waals surface area contributed by atoms with Gasteiger partial charge in [0.25, 0.3) is 0 Å². The van der Waals surface area contributed by atoms with E-state index >= 15 is 0 Å². The van der Waals surface area contributed by atoms with E-state index in [0.29, 0.717) is 12.1 Å². The second kappa shape index (κ2) is 6.33. The smallest absolute Gasteiger partial charge is 0.416 e. The number of carbonyl (C=O) groups excluding carboxylic acids is 2. The van der Waals surface area contributed by atoms with E-state index in [1.54, 1.807) is 0 Å². The number of benzene rings is 1. The summed E-state index contributed by atoms with van der Waals surface area (Å²) in [5, 5.41) is 2.46. The lowest BCUT2D eigenvalue weighted by atomic mass is 10.0. The molecule has 0 aromatic heterocycles. The Labute approximate surface area is 131 Å².